The van der Waals surface area contributed by atoms with Crippen molar-refractivity contribution in [2.24, 2.45) is 7.05 Å². The first-order valence-corrected chi connectivity index (χ1v) is 5.93. The fourth-order valence-corrected chi connectivity index (χ4v) is 1.50. The van der Waals surface area contributed by atoms with Gasteiger partial charge in [-0.3, -0.25) is 9.67 Å². The first kappa shape index (κ1) is 13.1. The minimum absolute atomic E-state index is 0.0671. The van der Waals surface area contributed by atoms with Crippen LogP contribution in [-0.4, -0.2) is 26.5 Å². The fraction of sp³-hybridized carbons (Fsp3) is 0.286. The molecule has 0 aromatic carbocycles. The third kappa shape index (κ3) is 4.12. The molecule has 0 aliphatic rings. The Bertz CT molecular complexity index is 596. The number of aromatic nitrogens is 3. The molecule has 0 unspecified atom stereocenters. The van der Waals surface area contributed by atoms with Crippen molar-refractivity contribution in [3.63, 3.8) is 0 Å². The van der Waals surface area contributed by atoms with Gasteiger partial charge in [-0.2, -0.15) is 5.10 Å². The zero-order valence-electron chi connectivity index (χ0n) is 10.7. The first-order valence-electron chi connectivity index (χ1n) is 5.93. The van der Waals surface area contributed by atoms with Crippen LogP contribution in [0.3, 0.4) is 0 Å². The Morgan fingerprint density at radius 1 is 1.37 bits per heavy atom. The van der Waals surface area contributed by atoms with E-state index in [0.29, 0.717) is 18.8 Å². The van der Waals surface area contributed by atoms with Gasteiger partial charge in [-0.05, 0) is 6.07 Å². The number of hydrogen-bond donors (Lipinski definition) is 1. The van der Waals surface area contributed by atoms with Gasteiger partial charge in [0.1, 0.15) is 12.4 Å². The molecule has 0 aliphatic carbocycles. The van der Waals surface area contributed by atoms with Gasteiger partial charge in [-0.25, -0.2) is 0 Å². The molecule has 0 atom stereocenters. The molecule has 0 aliphatic heterocycles. The Morgan fingerprint density at radius 3 is 3.00 bits per heavy atom. The smallest absolute Gasteiger partial charge is 0.139 e. The number of rotatable bonds is 4. The van der Waals surface area contributed by atoms with Crippen molar-refractivity contribution in [3.8, 4) is 17.6 Å². The van der Waals surface area contributed by atoms with Crippen molar-refractivity contribution in [2.75, 3.05) is 6.61 Å². The minimum Gasteiger partial charge on any atom is -0.487 e. The molecule has 2 rings (SSSR count). The van der Waals surface area contributed by atoms with Crippen molar-refractivity contribution in [1.82, 2.24) is 14.8 Å². The predicted molar refractivity (Wildman–Crippen MR) is 70.4 cm³/mol. The van der Waals surface area contributed by atoms with Crippen LogP contribution in [0.1, 0.15) is 17.5 Å². The van der Waals surface area contributed by atoms with E-state index in [1.165, 1.54) is 0 Å². The minimum atomic E-state index is 0.0671. The van der Waals surface area contributed by atoms with E-state index in [1.807, 2.05) is 19.3 Å². The van der Waals surface area contributed by atoms with Gasteiger partial charge in [0, 0.05) is 37.0 Å². The van der Waals surface area contributed by atoms with Gasteiger partial charge < -0.3 is 9.84 Å². The SMILES string of the molecule is Cn1cc(COc2cncc(C#CCCO)c2)cn1. The van der Waals surface area contributed by atoms with E-state index in [9.17, 15) is 0 Å². The molecule has 19 heavy (non-hydrogen) atoms. The molecular weight excluding hydrogens is 242 g/mol. The number of pyridine rings is 1. The van der Waals surface area contributed by atoms with E-state index in [-0.39, 0.29) is 6.61 Å². The van der Waals surface area contributed by atoms with Crippen molar-refractivity contribution in [2.45, 2.75) is 13.0 Å². The lowest BCUT2D eigenvalue weighted by molar-refractivity contribution is 0.305. The summed E-state index contributed by atoms with van der Waals surface area (Å²) in [5.74, 6) is 6.43. The molecule has 2 aromatic heterocycles. The second-order valence-electron chi connectivity index (χ2n) is 4.00. The van der Waals surface area contributed by atoms with Crippen LogP contribution in [0.25, 0.3) is 0 Å². The fourth-order valence-electron chi connectivity index (χ4n) is 1.50. The molecule has 5 heteroatoms. The van der Waals surface area contributed by atoms with Crippen molar-refractivity contribution in [3.05, 3.63) is 42.0 Å². The predicted octanol–water partition coefficient (Wildman–Crippen LogP) is 1.13. The van der Waals surface area contributed by atoms with E-state index < -0.39 is 0 Å². The Hall–Kier alpha value is -2.32. The second kappa shape index (κ2) is 6.57. The molecule has 1 N–H and O–H groups in total. The van der Waals surface area contributed by atoms with Crippen molar-refractivity contribution < 1.29 is 9.84 Å². The van der Waals surface area contributed by atoms with Crippen LogP contribution >= 0.6 is 0 Å². The highest BCUT2D eigenvalue weighted by Gasteiger charge is 1.99. The summed E-state index contributed by atoms with van der Waals surface area (Å²) in [4.78, 5) is 4.07. The molecule has 0 amide bonds. The van der Waals surface area contributed by atoms with Crippen LogP contribution in [0, 0.1) is 11.8 Å². The molecule has 0 saturated heterocycles. The zero-order chi connectivity index (χ0) is 13.5. The number of aliphatic hydroxyl groups is 1. The summed E-state index contributed by atoms with van der Waals surface area (Å²) < 4.78 is 7.35. The summed E-state index contributed by atoms with van der Waals surface area (Å²) in [6.45, 7) is 0.515. The summed E-state index contributed by atoms with van der Waals surface area (Å²) in [7, 11) is 1.86. The highest BCUT2D eigenvalue weighted by atomic mass is 16.5. The topological polar surface area (TPSA) is 60.2 Å². The van der Waals surface area contributed by atoms with Gasteiger partial charge in [-0.1, -0.05) is 11.8 Å². The Labute approximate surface area is 111 Å². The zero-order valence-corrected chi connectivity index (χ0v) is 10.7. The number of hydrogen-bond acceptors (Lipinski definition) is 4. The third-order valence-electron chi connectivity index (χ3n) is 2.35. The van der Waals surface area contributed by atoms with Crippen molar-refractivity contribution >= 4 is 0 Å². The molecule has 0 saturated carbocycles. The number of ether oxygens (including phenoxy) is 1. The Kier molecular flexibility index (Phi) is 4.54. The number of nitrogens with zero attached hydrogens (tertiary/aromatic N) is 3. The van der Waals surface area contributed by atoms with Gasteiger partial charge in [0.05, 0.1) is 19.0 Å². The van der Waals surface area contributed by atoms with E-state index in [2.05, 4.69) is 21.9 Å². The quantitative estimate of drug-likeness (QED) is 0.834. The monoisotopic (exact) mass is 257 g/mol. The van der Waals surface area contributed by atoms with E-state index in [0.717, 1.165) is 11.1 Å². The van der Waals surface area contributed by atoms with Gasteiger partial charge in [0.2, 0.25) is 0 Å². The molecular formula is C14H15N3O2. The van der Waals surface area contributed by atoms with Crippen molar-refractivity contribution in [1.29, 1.82) is 0 Å². The summed E-state index contributed by atoms with van der Waals surface area (Å²) in [6.07, 6.45) is 7.44. The Morgan fingerprint density at radius 2 is 2.26 bits per heavy atom. The molecule has 0 fully saturated rings. The largest absolute Gasteiger partial charge is 0.487 e. The highest BCUT2D eigenvalue weighted by Crippen LogP contribution is 2.12. The normalized spacial score (nSPS) is 9.79. The second-order valence-corrected chi connectivity index (χ2v) is 4.00. The van der Waals surface area contributed by atoms with Crippen LogP contribution in [0.5, 0.6) is 5.75 Å². The van der Waals surface area contributed by atoms with Crippen LogP contribution in [0.2, 0.25) is 0 Å². The van der Waals surface area contributed by atoms with Crippen LogP contribution in [0.15, 0.2) is 30.9 Å². The van der Waals surface area contributed by atoms with Crippen LogP contribution in [0.4, 0.5) is 0 Å². The lowest BCUT2D eigenvalue weighted by atomic mass is 10.2. The molecule has 0 radical (unpaired) electrons. The van der Waals surface area contributed by atoms with E-state index in [4.69, 9.17) is 9.84 Å². The van der Waals surface area contributed by atoms with Gasteiger partial charge in [-0.15, -0.1) is 0 Å². The summed E-state index contributed by atoms with van der Waals surface area (Å²) >= 11 is 0. The summed E-state index contributed by atoms with van der Waals surface area (Å²) in [6, 6.07) is 1.83. The first-order chi connectivity index (χ1) is 9.28. The van der Waals surface area contributed by atoms with Gasteiger partial charge in [0.25, 0.3) is 0 Å². The Balaban J connectivity index is 1.97. The maximum absolute atomic E-state index is 8.66. The summed E-state index contributed by atoms with van der Waals surface area (Å²) in [5, 5.41) is 12.7. The number of aryl methyl sites for hydroxylation is 1. The summed E-state index contributed by atoms with van der Waals surface area (Å²) in [5.41, 5.74) is 1.77. The highest BCUT2D eigenvalue weighted by molar-refractivity contribution is 5.36. The molecule has 5 nitrogen and oxygen atoms in total. The molecule has 0 spiro atoms. The maximum atomic E-state index is 8.66. The maximum Gasteiger partial charge on any atom is 0.139 e. The van der Waals surface area contributed by atoms with E-state index >= 15 is 0 Å². The molecule has 0 bridgehead atoms. The number of aliphatic hydroxyl groups excluding tert-OH is 1. The lowest BCUT2D eigenvalue weighted by Gasteiger charge is -2.03. The van der Waals surface area contributed by atoms with Crippen LogP contribution in [-0.2, 0) is 13.7 Å². The van der Waals surface area contributed by atoms with Crippen LogP contribution < -0.4 is 4.74 Å². The molecule has 2 heterocycles. The molecule has 98 valence electrons. The third-order valence-corrected chi connectivity index (χ3v) is 2.35. The van der Waals surface area contributed by atoms with Gasteiger partial charge >= 0.3 is 0 Å². The molecule has 2 aromatic rings. The lowest BCUT2D eigenvalue weighted by Crippen LogP contribution is -1.95. The van der Waals surface area contributed by atoms with E-state index in [1.54, 1.807) is 23.3 Å². The van der Waals surface area contributed by atoms with Gasteiger partial charge in [0.15, 0.2) is 0 Å². The standard InChI is InChI=1S/C14H15N3O2/c1-17-10-13(8-16-17)11-19-14-6-12(7-15-9-14)4-2-3-5-18/h6-10,18H,3,5,11H2,1H3. The average molecular weight is 257 g/mol. The average Bonchev–Trinajstić information content (AvgIpc) is 2.83.